The van der Waals surface area contributed by atoms with Crippen molar-refractivity contribution in [3.05, 3.63) is 29.8 Å². The molecule has 0 radical (unpaired) electrons. The van der Waals surface area contributed by atoms with Crippen molar-refractivity contribution < 1.29 is 4.79 Å². The van der Waals surface area contributed by atoms with Crippen LogP contribution >= 0.6 is 0 Å². The molecule has 0 aliphatic carbocycles. The zero-order valence-electron chi connectivity index (χ0n) is 10.9. The maximum atomic E-state index is 12.2. The van der Waals surface area contributed by atoms with Crippen LogP contribution in [0.2, 0.25) is 0 Å². The van der Waals surface area contributed by atoms with E-state index in [1.165, 1.54) is 0 Å². The minimum absolute atomic E-state index is 0.0173. The first-order chi connectivity index (χ1) is 8.11. The number of carbonyl (C=O) groups is 1. The lowest BCUT2D eigenvalue weighted by molar-refractivity contribution is -0.119. The summed E-state index contributed by atoms with van der Waals surface area (Å²) in [5.74, 6) is 0.0173. The largest absolute Gasteiger partial charge is 0.320 e. The van der Waals surface area contributed by atoms with Crippen molar-refractivity contribution in [2.75, 3.05) is 11.4 Å². The number of nitrogens with two attached hydrogens (primary N) is 1. The molecule has 2 N–H and O–H groups in total. The normalized spacial score (nSPS) is 12.2. The molecule has 0 saturated heterocycles. The van der Waals surface area contributed by atoms with E-state index in [-0.39, 0.29) is 11.9 Å². The van der Waals surface area contributed by atoms with Gasteiger partial charge in [0.2, 0.25) is 5.91 Å². The predicted octanol–water partition coefficient (Wildman–Crippen LogP) is 2.48. The van der Waals surface area contributed by atoms with Gasteiger partial charge in [0.05, 0.1) is 6.04 Å². The molecule has 17 heavy (non-hydrogen) atoms. The van der Waals surface area contributed by atoms with Crippen LogP contribution in [0, 0.1) is 6.92 Å². The van der Waals surface area contributed by atoms with E-state index >= 15 is 0 Å². The van der Waals surface area contributed by atoms with Crippen molar-refractivity contribution in [2.45, 2.75) is 39.7 Å². The lowest BCUT2D eigenvalue weighted by atomic mass is 10.1. The van der Waals surface area contributed by atoms with Crippen LogP contribution in [0.15, 0.2) is 24.3 Å². The molecule has 94 valence electrons. The lowest BCUT2D eigenvalue weighted by Gasteiger charge is -2.25. The molecular weight excluding hydrogens is 212 g/mol. The van der Waals surface area contributed by atoms with Crippen LogP contribution in [-0.4, -0.2) is 18.5 Å². The number of benzene rings is 1. The molecule has 0 aromatic heterocycles. The lowest BCUT2D eigenvalue weighted by Crippen LogP contribution is -2.44. The highest BCUT2D eigenvalue weighted by Gasteiger charge is 2.21. The van der Waals surface area contributed by atoms with Gasteiger partial charge in [-0.3, -0.25) is 4.79 Å². The Kier molecular flexibility index (Phi) is 5.16. The Labute approximate surface area is 104 Å². The maximum absolute atomic E-state index is 12.2. The molecule has 0 fully saturated rings. The number of likely N-dealkylation sites (N-methyl/N-ethyl adjacent to an activating group) is 1. The van der Waals surface area contributed by atoms with Gasteiger partial charge < -0.3 is 10.6 Å². The van der Waals surface area contributed by atoms with Gasteiger partial charge in [-0.25, -0.2) is 0 Å². The quantitative estimate of drug-likeness (QED) is 0.850. The molecule has 0 saturated carbocycles. The van der Waals surface area contributed by atoms with Crippen molar-refractivity contribution in [1.29, 1.82) is 0 Å². The van der Waals surface area contributed by atoms with E-state index < -0.39 is 0 Å². The highest BCUT2D eigenvalue weighted by molar-refractivity contribution is 5.97. The molecular formula is C14H22N2O. The number of aryl methyl sites for hydroxylation is 1. The molecule has 1 unspecified atom stereocenters. The Morgan fingerprint density at radius 2 is 2.00 bits per heavy atom. The second-order valence-corrected chi connectivity index (χ2v) is 4.26. The zero-order valence-corrected chi connectivity index (χ0v) is 10.9. The highest BCUT2D eigenvalue weighted by atomic mass is 16.2. The minimum Gasteiger partial charge on any atom is -0.320 e. The summed E-state index contributed by atoms with van der Waals surface area (Å²) in [6.45, 7) is 6.68. The monoisotopic (exact) mass is 234 g/mol. The minimum atomic E-state index is -0.389. The average molecular weight is 234 g/mol. The average Bonchev–Trinajstić information content (AvgIpc) is 2.32. The van der Waals surface area contributed by atoms with Crippen molar-refractivity contribution in [3.8, 4) is 0 Å². The molecule has 1 rings (SSSR count). The van der Waals surface area contributed by atoms with E-state index in [1.807, 2.05) is 45.0 Å². The number of hydrogen-bond donors (Lipinski definition) is 1. The fraction of sp³-hybridized carbons (Fsp3) is 0.500. The second kappa shape index (κ2) is 6.40. The molecule has 0 bridgehead atoms. The summed E-state index contributed by atoms with van der Waals surface area (Å²) in [5.41, 5.74) is 7.97. The smallest absolute Gasteiger partial charge is 0.243 e. The second-order valence-electron chi connectivity index (χ2n) is 4.26. The molecule has 1 amide bonds. The molecule has 3 nitrogen and oxygen atoms in total. The fourth-order valence-electron chi connectivity index (χ4n) is 1.95. The van der Waals surface area contributed by atoms with Crippen molar-refractivity contribution in [3.63, 3.8) is 0 Å². The third-order valence-corrected chi connectivity index (χ3v) is 2.91. The van der Waals surface area contributed by atoms with Gasteiger partial charge in [0.25, 0.3) is 0 Å². The highest BCUT2D eigenvalue weighted by Crippen LogP contribution is 2.20. The SMILES string of the molecule is CCCC(N)C(=O)N(CC)c1ccccc1C. The molecule has 1 atom stereocenters. The van der Waals surface area contributed by atoms with Gasteiger partial charge in [-0.05, 0) is 31.9 Å². The summed E-state index contributed by atoms with van der Waals surface area (Å²) < 4.78 is 0. The van der Waals surface area contributed by atoms with Crippen molar-refractivity contribution in [2.24, 2.45) is 5.73 Å². The van der Waals surface area contributed by atoms with E-state index in [1.54, 1.807) is 4.90 Å². The van der Waals surface area contributed by atoms with Crippen molar-refractivity contribution >= 4 is 11.6 Å². The summed E-state index contributed by atoms with van der Waals surface area (Å²) >= 11 is 0. The molecule has 1 aromatic carbocycles. The summed E-state index contributed by atoms with van der Waals surface area (Å²) in [6.07, 6.45) is 1.67. The molecule has 1 aromatic rings. The molecule has 0 aliphatic heterocycles. The van der Waals surface area contributed by atoms with E-state index in [4.69, 9.17) is 5.73 Å². The number of amides is 1. The van der Waals surface area contributed by atoms with Gasteiger partial charge in [-0.15, -0.1) is 0 Å². The number of carbonyl (C=O) groups excluding carboxylic acids is 1. The first-order valence-corrected chi connectivity index (χ1v) is 6.24. The number of hydrogen-bond acceptors (Lipinski definition) is 2. The zero-order chi connectivity index (χ0) is 12.8. The Morgan fingerprint density at radius 3 is 2.53 bits per heavy atom. The van der Waals surface area contributed by atoms with E-state index in [0.717, 1.165) is 24.1 Å². The number of nitrogens with zero attached hydrogens (tertiary/aromatic N) is 1. The van der Waals surface area contributed by atoms with Crippen molar-refractivity contribution in [1.82, 2.24) is 0 Å². The van der Waals surface area contributed by atoms with E-state index in [0.29, 0.717) is 6.54 Å². The summed E-state index contributed by atoms with van der Waals surface area (Å²) in [7, 11) is 0. The predicted molar refractivity (Wildman–Crippen MR) is 72.1 cm³/mol. The first-order valence-electron chi connectivity index (χ1n) is 6.24. The van der Waals surface area contributed by atoms with Gasteiger partial charge in [0, 0.05) is 12.2 Å². The van der Waals surface area contributed by atoms with Crippen LogP contribution in [0.3, 0.4) is 0 Å². The molecule has 0 heterocycles. The molecule has 0 spiro atoms. The number of para-hydroxylation sites is 1. The summed E-state index contributed by atoms with van der Waals surface area (Å²) in [6, 6.07) is 7.51. The van der Waals surface area contributed by atoms with Gasteiger partial charge in [0.1, 0.15) is 0 Å². The first kappa shape index (κ1) is 13.7. The standard InChI is InChI=1S/C14H22N2O/c1-4-8-12(15)14(17)16(5-2)13-10-7-6-9-11(13)3/h6-7,9-10,12H,4-5,8,15H2,1-3H3. The summed E-state index contributed by atoms with van der Waals surface area (Å²) in [5, 5.41) is 0. The van der Waals surface area contributed by atoms with E-state index in [2.05, 4.69) is 0 Å². The Morgan fingerprint density at radius 1 is 1.35 bits per heavy atom. The third kappa shape index (κ3) is 3.30. The van der Waals surface area contributed by atoms with Gasteiger partial charge in [-0.1, -0.05) is 31.5 Å². The fourth-order valence-corrected chi connectivity index (χ4v) is 1.95. The van der Waals surface area contributed by atoms with E-state index in [9.17, 15) is 4.79 Å². The Bertz CT molecular complexity index is 376. The molecule has 3 heteroatoms. The van der Waals surface area contributed by atoms with Gasteiger partial charge >= 0.3 is 0 Å². The Hall–Kier alpha value is -1.35. The molecule has 0 aliphatic rings. The van der Waals surface area contributed by atoms with Crippen LogP contribution < -0.4 is 10.6 Å². The van der Waals surface area contributed by atoms with Crippen LogP contribution in [0.4, 0.5) is 5.69 Å². The van der Waals surface area contributed by atoms with Crippen LogP contribution in [0.5, 0.6) is 0 Å². The number of anilines is 1. The van der Waals surface area contributed by atoms with Crippen LogP contribution in [0.25, 0.3) is 0 Å². The van der Waals surface area contributed by atoms with Gasteiger partial charge in [0.15, 0.2) is 0 Å². The van der Waals surface area contributed by atoms with Crippen LogP contribution in [-0.2, 0) is 4.79 Å². The van der Waals surface area contributed by atoms with Crippen LogP contribution in [0.1, 0.15) is 32.3 Å². The summed E-state index contributed by atoms with van der Waals surface area (Å²) in [4.78, 5) is 14.0. The maximum Gasteiger partial charge on any atom is 0.243 e. The van der Waals surface area contributed by atoms with Gasteiger partial charge in [-0.2, -0.15) is 0 Å². The number of rotatable bonds is 5. The Balaban J connectivity index is 2.92. The third-order valence-electron chi connectivity index (χ3n) is 2.91. The topological polar surface area (TPSA) is 46.3 Å².